The maximum atomic E-state index is 12.7. The summed E-state index contributed by atoms with van der Waals surface area (Å²) in [5.74, 6) is 2.94. The third-order valence-corrected chi connectivity index (χ3v) is 5.73. The van der Waals surface area contributed by atoms with E-state index in [9.17, 15) is 4.79 Å². The van der Waals surface area contributed by atoms with Gasteiger partial charge in [0.25, 0.3) is 5.91 Å². The fraction of sp³-hybridized carbons (Fsp3) is 0.231. The lowest BCUT2D eigenvalue weighted by molar-refractivity contribution is 0.0712. The molecule has 4 nitrogen and oxygen atoms in total. The molecule has 2 N–H and O–H groups in total. The van der Waals surface area contributed by atoms with E-state index in [1.165, 1.54) is 16.7 Å². The zero-order valence-corrected chi connectivity index (χ0v) is 16.9. The highest BCUT2D eigenvalue weighted by molar-refractivity contribution is 5.96. The van der Waals surface area contributed by atoms with Crippen molar-refractivity contribution in [3.63, 3.8) is 0 Å². The van der Waals surface area contributed by atoms with Gasteiger partial charge in [-0.1, -0.05) is 42.5 Å². The first kappa shape index (κ1) is 19.9. The minimum Gasteiger partial charge on any atom is -0.339 e. The van der Waals surface area contributed by atoms with Crippen molar-refractivity contribution in [3.8, 4) is 23.5 Å². The van der Waals surface area contributed by atoms with Crippen LogP contribution in [0.3, 0.4) is 0 Å². The van der Waals surface area contributed by atoms with Crippen molar-refractivity contribution >= 4 is 5.91 Å². The van der Waals surface area contributed by atoms with Crippen molar-refractivity contribution in [3.05, 3.63) is 89.2 Å². The summed E-state index contributed by atoms with van der Waals surface area (Å²) in [4.78, 5) is 18.7. The SMILES string of the molecule is C#Cc1ncccc1C(=O)N1CCC(c2cccc(CN)c2)CC1.c1cc2cc-2c1. The molecule has 0 bridgehead atoms. The first-order valence-corrected chi connectivity index (χ1v) is 10.3. The van der Waals surface area contributed by atoms with Crippen LogP contribution in [-0.2, 0) is 6.54 Å². The summed E-state index contributed by atoms with van der Waals surface area (Å²) in [6.45, 7) is 2.02. The van der Waals surface area contributed by atoms with E-state index in [0.717, 1.165) is 31.5 Å². The maximum Gasteiger partial charge on any atom is 0.256 e. The lowest BCUT2D eigenvalue weighted by Crippen LogP contribution is -2.38. The second-order valence-corrected chi connectivity index (χ2v) is 7.64. The van der Waals surface area contributed by atoms with Crippen LogP contribution in [0, 0.1) is 12.3 Å². The quantitative estimate of drug-likeness (QED) is 0.529. The molecule has 2 aromatic rings. The van der Waals surface area contributed by atoms with Gasteiger partial charge in [0.05, 0.1) is 5.56 Å². The van der Waals surface area contributed by atoms with Crippen molar-refractivity contribution in [2.24, 2.45) is 5.73 Å². The highest BCUT2D eigenvalue weighted by Gasteiger charge is 2.26. The smallest absolute Gasteiger partial charge is 0.256 e. The van der Waals surface area contributed by atoms with Gasteiger partial charge in [-0.25, -0.2) is 4.98 Å². The van der Waals surface area contributed by atoms with Gasteiger partial charge in [0.2, 0.25) is 0 Å². The molecule has 1 fully saturated rings. The number of hydrogen-bond donors (Lipinski definition) is 1. The Hall–Kier alpha value is -3.42. The monoisotopic (exact) mass is 395 g/mol. The van der Waals surface area contributed by atoms with Crippen LogP contribution in [0.2, 0.25) is 0 Å². The average Bonchev–Trinajstić information content (AvgIpc) is 3.43. The van der Waals surface area contributed by atoms with Gasteiger partial charge in [-0.3, -0.25) is 4.79 Å². The minimum absolute atomic E-state index is 0.0230. The Kier molecular flexibility index (Phi) is 5.92. The number of amides is 1. The molecule has 0 radical (unpaired) electrons. The van der Waals surface area contributed by atoms with E-state index in [0.29, 0.717) is 23.7 Å². The van der Waals surface area contributed by atoms with Crippen LogP contribution in [0.15, 0.2) is 66.9 Å². The molecule has 0 unspecified atom stereocenters. The molecule has 0 spiro atoms. The number of carbonyl (C=O) groups excluding carboxylic acids is 1. The number of rotatable bonds is 3. The summed E-state index contributed by atoms with van der Waals surface area (Å²) in [6.07, 6.45) is 8.96. The van der Waals surface area contributed by atoms with Crippen LogP contribution < -0.4 is 5.73 Å². The first-order valence-electron chi connectivity index (χ1n) is 10.3. The summed E-state index contributed by atoms with van der Waals surface area (Å²) in [7, 11) is 0. The van der Waals surface area contributed by atoms with Gasteiger partial charge in [0, 0.05) is 25.8 Å². The number of nitrogens with two attached hydrogens (primary N) is 1. The number of terminal acetylenes is 1. The van der Waals surface area contributed by atoms with E-state index >= 15 is 0 Å². The molecule has 2 aliphatic carbocycles. The number of piperidine rings is 1. The summed E-state index contributed by atoms with van der Waals surface area (Å²) < 4.78 is 0. The Labute approximate surface area is 177 Å². The van der Waals surface area contributed by atoms with Crippen LogP contribution in [0.4, 0.5) is 0 Å². The number of likely N-dealkylation sites (tertiary alicyclic amines) is 1. The molecule has 150 valence electrons. The number of hydrogen-bond acceptors (Lipinski definition) is 3. The molecule has 30 heavy (non-hydrogen) atoms. The highest BCUT2D eigenvalue weighted by Crippen LogP contribution is 2.32. The topological polar surface area (TPSA) is 59.2 Å². The van der Waals surface area contributed by atoms with Crippen LogP contribution in [0.1, 0.15) is 45.9 Å². The van der Waals surface area contributed by atoms with Crippen molar-refractivity contribution in [1.29, 1.82) is 0 Å². The zero-order chi connectivity index (χ0) is 20.9. The molecular formula is C26H25N3O. The Bertz CT molecular complexity index is 1070. The van der Waals surface area contributed by atoms with E-state index in [2.05, 4.69) is 53.4 Å². The lowest BCUT2D eigenvalue weighted by atomic mass is 9.88. The summed E-state index contributed by atoms with van der Waals surface area (Å²) >= 11 is 0. The van der Waals surface area contributed by atoms with Crippen molar-refractivity contribution < 1.29 is 4.79 Å². The first-order chi connectivity index (χ1) is 14.7. The van der Waals surface area contributed by atoms with Crippen LogP contribution in [0.25, 0.3) is 11.1 Å². The fourth-order valence-corrected chi connectivity index (χ4v) is 3.93. The molecule has 1 saturated heterocycles. The highest BCUT2D eigenvalue weighted by atomic mass is 16.2. The van der Waals surface area contributed by atoms with Crippen molar-refractivity contribution in [2.45, 2.75) is 25.3 Å². The fourth-order valence-electron chi connectivity index (χ4n) is 3.93. The molecule has 2 heterocycles. The number of pyridine rings is 1. The number of carbonyl (C=O) groups is 1. The standard InChI is InChI=1S/C20H21N3O.C6H4/c1-2-19-18(7-4-10-22-19)20(24)23-11-8-16(9-12-23)17-6-3-5-15(13-17)14-21;1-2-5-4-6(5)3-1/h1,3-7,10,13,16H,8-9,11-12,14,21H2;1-4H. The third kappa shape index (κ3) is 4.42. The van der Waals surface area contributed by atoms with Gasteiger partial charge < -0.3 is 10.6 Å². The molecule has 0 atom stereocenters. The minimum atomic E-state index is -0.0230. The predicted octanol–water partition coefficient (Wildman–Crippen LogP) is 4.21. The maximum absolute atomic E-state index is 12.7. The van der Waals surface area contributed by atoms with Gasteiger partial charge in [-0.15, -0.1) is 6.42 Å². The Morgan fingerprint density at radius 1 is 1.07 bits per heavy atom. The molecule has 3 aliphatic rings. The Morgan fingerprint density at radius 3 is 2.40 bits per heavy atom. The average molecular weight is 396 g/mol. The van der Waals surface area contributed by atoms with Crippen molar-refractivity contribution in [2.75, 3.05) is 13.1 Å². The normalized spacial score (nSPS) is 14.3. The Morgan fingerprint density at radius 2 is 1.80 bits per heavy atom. The largest absolute Gasteiger partial charge is 0.339 e. The van der Waals surface area contributed by atoms with Gasteiger partial charge in [-0.05, 0) is 65.1 Å². The molecular weight excluding hydrogens is 370 g/mol. The van der Waals surface area contributed by atoms with Crippen LogP contribution in [-0.4, -0.2) is 28.9 Å². The second-order valence-electron chi connectivity index (χ2n) is 7.64. The second kappa shape index (κ2) is 8.94. The van der Waals surface area contributed by atoms with Crippen LogP contribution >= 0.6 is 0 Å². The summed E-state index contributed by atoms with van der Waals surface area (Å²) in [5.41, 5.74) is 12.0. The summed E-state index contributed by atoms with van der Waals surface area (Å²) in [5, 5.41) is 0. The molecule has 1 amide bonds. The molecule has 5 rings (SSSR count). The number of benzene rings is 2. The van der Waals surface area contributed by atoms with Gasteiger partial charge in [0.15, 0.2) is 0 Å². The lowest BCUT2D eigenvalue weighted by Gasteiger charge is -2.32. The van der Waals surface area contributed by atoms with Gasteiger partial charge in [0.1, 0.15) is 5.69 Å². The molecule has 4 heteroatoms. The number of fused-ring (bicyclic) bond motifs is 1. The zero-order valence-electron chi connectivity index (χ0n) is 16.9. The molecule has 1 aromatic heterocycles. The molecule has 1 aliphatic heterocycles. The number of nitrogens with zero attached hydrogens (tertiary/aromatic N) is 2. The van der Waals surface area contributed by atoms with Crippen molar-refractivity contribution in [1.82, 2.24) is 9.88 Å². The van der Waals surface area contributed by atoms with E-state index in [4.69, 9.17) is 12.2 Å². The molecule has 0 saturated carbocycles. The molecule has 1 aromatic carbocycles. The van der Waals surface area contributed by atoms with E-state index in [1.54, 1.807) is 18.3 Å². The summed E-state index contributed by atoms with van der Waals surface area (Å²) in [6, 6.07) is 20.4. The number of aromatic nitrogens is 1. The van der Waals surface area contributed by atoms with Gasteiger partial charge >= 0.3 is 0 Å². The van der Waals surface area contributed by atoms with Crippen LogP contribution in [0.5, 0.6) is 0 Å². The van der Waals surface area contributed by atoms with E-state index in [1.807, 2.05) is 11.0 Å². The van der Waals surface area contributed by atoms with Gasteiger partial charge in [-0.2, -0.15) is 0 Å². The Balaban J connectivity index is 0.000000305. The predicted molar refractivity (Wildman–Crippen MR) is 120 cm³/mol. The van der Waals surface area contributed by atoms with E-state index in [-0.39, 0.29) is 5.91 Å². The third-order valence-electron chi connectivity index (χ3n) is 5.73. The van der Waals surface area contributed by atoms with E-state index < -0.39 is 0 Å².